The van der Waals surface area contributed by atoms with E-state index in [2.05, 4.69) is 15.5 Å². The van der Waals surface area contributed by atoms with Crippen molar-refractivity contribution in [1.82, 2.24) is 15.5 Å². The molecule has 0 bridgehead atoms. The average Bonchev–Trinajstić information content (AvgIpc) is 2.84. The number of aromatic amines is 1. The fraction of sp³-hybridized carbons (Fsp3) is 0.692. The molecule has 0 saturated carbocycles. The van der Waals surface area contributed by atoms with Crippen LogP contribution < -0.4 is 10.5 Å². The number of rotatable bonds is 7. The van der Waals surface area contributed by atoms with Crippen LogP contribution in [0.15, 0.2) is 4.90 Å². The minimum atomic E-state index is -4.02. The second kappa shape index (κ2) is 7.04. The number of carbonyl (C=O) groups excluding carboxylic acids is 1. The van der Waals surface area contributed by atoms with Crippen molar-refractivity contribution in [2.75, 3.05) is 6.54 Å². The number of nitrogens with two attached hydrogens (primary N) is 1. The van der Waals surface area contributed by atoms with Crippen LogP contribution in [-0.2, 0) is 10.0 Å². The van der Waals surface area contributed by atoms with Gasteiger partial charge in [0.15, 0.2) is 5.69 Å². The molecular weight excluding hydrogens is 292 g/mol. The molecule has 0 aliphatic heterocycles. The van der Waals surface area contributed by atoms with Gasteiger partial charge in [0.2, 0.25) is 10.0 Å². The van der Waals surface area contributed by atoms with Crippen LogP contribution in [-0.4, -0.2) is 31.1 Å². The topological polar surface area (TPSA) is 118 Å². The van der Waals surface area contributed by atoms with Crippen LogP contribution in [0.4, 0.5) is 0 Å². The Bertz CT molecular complexity index is 589. The maximum Gasteiger partial charge on any atom is 0.273 e. The number of sulfonamides is 1. The third-order valence-corrected chi connectivity index (χ3v) is 4.51. The van der Waals surface area contributed by atoms with Crippen molar-refractivity contribution >= 4 is 15.9 Å². The summed E-state index contributed by atoms with van der Waals surface area (Å²) < 4.78 is 23.5. The van der Waals surface area contributed by atoms with Crippen molar-refractivity contribution in [3.63, 3.8) is 0 Å². The molecule has 1 heterocycles. The fourth-order valence-corrected chi connectivity index (χ4v) is 3.07. The molecule has 21 heavy (non-hydrogen) atoms. The van der Waals surface area contributed by atoms with Crippen molar-refractivity contribution in [3.8, 4) is 0 Å². The van der Waals surface area contributed by atoms with E-state index in [-0.39, 0.29) is 16.5 Å². The lowest BCUT2D eigenvalue weighted by atomic mass is 10.0. The molecule has 0 radical (unpaired) electrons. The van der Waals surface area contributed by atoms with Gasteiger partial charge in [0.1, 0.15) is 4.90 Å². The molecule has 0 atom stereocenters. The first-order valence-electron chi connectivity index (χ1n) is 7.11. The van der Waals surface area contributed by atoms with Crippen molar-refractivity contribution in [2.45, 2.75) is 51.3 Å². The monoisotopic (exact) mass is 316 g/mol. The van der Waals surface area contributed by atoms with E-state index >= 15 is 0 Å². The summed E-state index contributed by atoms with van der Waals surface area (Å²) in [7, 11) is -4.02. The summed E-state index contributed by atoms with van der Waals surface area (Å²) in [5.74, 6) is -0.295. The van der Waals surface area contributed by atoms with Gasteiger partial charge in [-0.2, -0.15) is 5.10 Å². The summed E-state index contributed by atoms with van der Waals surface area (Å²) in [5.41, 5.74) is 0.192. The van der Waals surface area contributed by atoms with E-state index in [1.165, 1.54) is 0 Å². The molecule has 8 heteroatoms. The van der Waals surface area contributed by atoms with Gasteiger partial charge in [-0.25, -0.2) is 13.6 Å². The van der Waals surface area contributed by atoms with Gasteiger partial charge < -0.3 is 5.32 Å². The maximum atomic E-state index is 12.2. The Morgan fingerprint density at radius 2 is 1.90 bits per heavy atom. The molecule has 1 aromatic heterocycles. The third kappa shape index (κ3) is 4.28. The molecule has 0 unspecified atom stereocenters. The van der Waals surface area contributed by atoms with Crippen molar-refractivity contribution < 1.29 is 13.2 Å². The zero-order valence-corrected chi connectivity index (χ0v) is 13.8. The molecule has 0 saturated heterocycles. The molecule has 120 valence electrons. The van der Waals surface area contributed by atoms with E-state index in [1.54, 1.807) is 13.8 Å². The summed E-state index contributed by atoms with van der Waals surface area (Å²) in [6.07, 6.45) is 1.88. The number of amides is 1. The van der Waals surface area contributed by atoms with Crippen molar-refractivity contribution in [2.24, 2.45) is 11.1 Å². The van der Waals surface area contributed by atoms with E-state index in [4.69, 9.17) is 5.14 Å². The molecule has 0 aliphatic rings. The molecule has 1 aromatic rings. The molecule has 0 aromatic carbocycles. The van der Waals surface area contributed by atoms with E-state index < -0.39 is 15.9 Å². The van der Waals surface area contributed by atoms with E-state index in [9.17, 15) is 13.2 Å². The quantitative estimate of drug-likeness (QED) is 0.703. The lowest BCUT2D eigenvalue weighted by molar-refractivity contribution is 0.0938. The number of hydrogen-bond acceptors (Lipinski definition) is 4. The highest BCUT2D eigenvalue weighted by molar-refractivity contribution is 7.89. The molecule has 1 amide bonds. The number of hydrogen-bond donors (Lipinski definition) is 3. The highest BCUT2D eigenvalue weighted by atomic mass is 32.2. The summed E-state index contributed by atoms with van der Waals surface area (Å²) in [6.45, 7) is 8.17. The van der Waals surface area contributed by atoms with Gasteiger partial charge in [0, 0.05) is 6.54 Å². The molecule has 7 nitrogen and oxygen atoms in total. The fourth-order valence-electron chi connectivity index (χ4n) is 2.08. The molecule has 1 rings (SSSR count). The first kappa shape index (κ1) is 17.6. The zero-order valence-electron chi connectivity index (χ0n) is 12.9. The van der Waals surface area contributed by atoms with Crippen molar-refractivity contribution in [3.05, 3.63) is 11.4 Å². The molecular formula is C13H24N4O3S. The largest absolute Gasteiger partial charge is 0.350 e. The average molecular weight is 316 g/mol. The van der Waals surface area contributed by atoms with Crippen LogP contribution >= 0.6 is 0 Å². The summed E-state index contributed by atoms with van der Waals surface area (Å²) in [6, 6.07) is 0. The standard InChI is InChI=1S/C13H24N4O3S/c1-5-9(6-2)7-15-13(18)11-12(21(14,19)20)10(8(3)4)16-17-11/h8-9H,5-7H2,1-4H3,(H,15,18)(H,16,17)(H2,14,19,20). The Morgan fingerprint density at radius 3 is 2.33 bits per heavy atom. The van der Waals surface area contributed by atoms with Gasteiger partial charge in [-0.1, -0.05) is 40.5 Å². The van der Waals surface area contributed by atoms with Gasteiger partial charge in [-0.15, -0.1) is 0 Å². The smallest absolute Gasteiger partial charge is 0.273 e. The van der Waals surface area contributed by atoms with Crippen LogP contribution in [0.1, 0.15) is 62.6 Å². The lowest BCUT2D eigenvalue weighted by Gasteiger charge is -2.13. The summed E-state index contributed by atoms with van der Waals surface area (Å²) in [4.78, 5) is 12.0. The Balaban J connectivity index is 3.06. The maximum absolute atomic E-state index is 12.2. The Hall–Kier alpha value is -1.41. The van der Waals surface area contributed by atoms with Gasteiger partial charge in [-0.05, 0) is 11.8 Å². The van der Waals surface area contributed by atoms with Gasteiger partial charge in [0.05, 0.1) is 5.69 Å². The second-order valence-electron chi connectivity index (χ2n) is 5.41. The Morgan fingerprint density at radius 1 is 1.33 bits per heavy atom. The molecule has 0 fully saturated rings. The Labute approximate surface area is 125 Å². The van der Waals surface area contributed by atoms with Crippen molar-refractivity contribution in [1.29, 1.82) is 0 Å². The summed E-state index contributed by atoms with van der Waals surface area (Å²) >= 11 is 0. The number of H-pyrrole nitrogens is 1. The van der Waals surface area contributed by atoms with Crippen LogP contribution in [0.5, 0.6) is 0 Å². The highest BCUT2D eigenvalue weighted by Crippen LogP contribution is 2.23. The van der Waals surface area contributed by atoms with E-state index in [1.807, 2.05) is 13.8 Å². The van der Waals surface area contributed by atoms with E-state index in [0.717, 1.165) is 12.8 Å². The van der Waals surface area contributed by atoms with Gasteiger partial charge in [-0.3, -0.25) is 9.89 Å². The summed E-state index contributed by atoms with van der Waals surface area (Å²) in [5, 5.41) is 14.4. The molecule has 0 aliphatic carbocycles. The molecule has 4 N–H and O–H groups in total. The van der Waals surface area contributed by atoms with Crippen LogP contribution in [0, 0.1) is 5.92 Å². The SMILES string of the molecule is CCC(CC)CNC(=O)c1n[nH]c(C(C)C)c1S(N)(=O)=O. The number of primary sulfonamides is 1. The van der Waals surface area contributed by atoms with Crippen LogP contribution in [0.3, 0.4) is 0 Å². The van der Waals surface area contributed by atoms with Crippen LogP contribution in [0.25, 0.3) is 0 Å². The Kier molecular flexibility index (Phi) is 5.91. The lowest BCUT2D eigenvalue weighted by Crippen LogP contribution is -2.31. The first-order valence-corrected chi connectivity index (χ1v) is 8.66. The van der Waals surface area contributed by atoms with Gasteiger partial charge >= 0.3 is 0 Å². The minimum Gasteiger partial charge on any atom is -0.350 e. The predicted molar refractivity (Wildman–Crippen MR) is 80.5 cm³/mol. The molecule has 0 spiro atoms. The van der Waals surface area contributed by atoms with Crippen LogP contribution in [0.2, 0.25) is 0 Å². The number of aromatic nitrogens is 2. The van der Waals surface area contributed by atoms with Gasteiger partial charge in [0.25, 0.3) is 5.91 Å². The predicted octanol–water partition coefficient (Wildman–Crippen LogP) is 1.35. The van der Waals surface area contributed by atoms with E-state index in [0.29, 0.717) is 18.2 Å². The second-order valence-corrected chi connectivity index (χ2v) is 6.91. The number of nitrogens with zero attached hydrogens (tertiary/aromatic N) is 1. The minimum absolute atomic E-state index is 0.133. The highest BCUT2D eigenvalue weighted by Gasteiger charge is 2.28. The number of carbonyl (C=O) groups is 1. The normalized spacial score (nSPS) is 12.1. The number of nitrogens with one attached hydrogen (secondary N) is 2. The first-order chi connectivity index (χ1) is 9.72. The third-order valence-electron chi connectivity index (χ3n) is 3.53. The zero-order chi connectivity index (χ0) is 16.2.